The summed E-state index contributed by atoms with van der Waals surface area (Å²) in [4.78, 5) is 0. The van der Waals surface area contributed by atoms with Crippen LogP contribution in [-0.4, -0.2) is 7.05 Å². The smallest absolute Gasteiger partial charge is 0.153 e. The Labute approximate surface area is 109 Å². The summed E-state index contributed by atoms with van der Waals surface area (Å²) in [6.07, 6.45) is 1.66. The average molecular weight is 262 g/mol. The van der Waals surface area contributed by atoms with Crippen LogP contribution in [0.1, 0.15) is 5.76 Å². The van der Waals surface area contributed by atoms with Crippen molar-refractivity contribution in [1.82, 2.24) is 5.32 Å². The maximum atomic E-state index is 6.10. The average Bonchev–Trinajstić information content (AvgIpc) is 2.95. The molecule has 0 amide bonds. The summed E-state index contributed by atoms with van der Waals surface area (Å²) in [5, 5.41) is 4.68. The van der Waals surface area contributed by atoms with Crippen molar-refractivity contribution in [2.75, 3.05) is 7.05 Å². The Bertz CT molecular complexity index is 684. The molecule has 4 heteroatoms. The highest BCUT2D eigenvalue weighted by Crippen LogP contribution is 2.33. The van der Waals surface area contributed by atoms with Crippen LogP contribution in [0.2, 0.25) is 5.02 Å². The molecule has 0 unspecified atom stereocenters. The van der Waals surface area contributed by atoms with Gasteiger partial charge in [0.15, 0.2) is 5.58 Å². The minimum Gasteiger partial charge on any atom is -0.467 e. The molecule has 18 heavy (non-hydrogen) atoms. The van der Waals surface area contributed by atoms with E-state index in [0.29, 0.717) is 17.2 Å². The van der Waals surface area contributed by atoms with Crippen LogP contribution < -0.4 is 5.32 Å². The van der Waals surface area contributed by atoms with Crippen molar-refractivity contribution in [2.24, 2.45) is 0 Å². The van der Waals surface area contributed by atoms with Crippen LogP contribution in [0.3, 0.4) is 0 Å². The highest BCUT2D eigenvalue weighted by molar-refractivity contribution is 6.34. The monoisotopic (exact) mass is 261 g/mol. The number of para-hydroxylation sites is 1. The van der Waals surface area contributed by atoms with Crippen molar-refractivity contribution in [1.29, 1.82) is 0 Å². The van der Waals surface area contributed by atoms with Crippen LogP contribution >= 0.6 is 11.6 Å². The lowest BCUT2D eigenvalue weighted by Crippen LogP contribution is -2.04. The predicted molar refractivity (Wildman–Crippen MR) is 71.7 cm³/mol. The van der Waals surface area contributed by atoms with E-state index in [1.54, 1.807) is 6.26 Å². The van der Waals surface area contributed by atoms with Crippen LogP contribution in [0.15, 0.2) is 45.4 Å². The lowest BCUT2D eigenvalue weighted by Gasteiger charge is -1.98. The number of furan rings is 2. The summed E-state index contributed by atoms with van der Waals surface area (Å²) < 4.78 is 11.2. The minimum absolute atomic E-state index is 0.623. The lowest BCUT2D eigenvalue weighted by atomic mass is 10.2. The number of rotatable bonds is 3. The van der Waals surface area contributed by atoms with E-state index in [2.05, 4.69) is 5.32 Å². The van der Waals surface area contributed by atoms with Gasteiger partial charge in [0.05, 0.1) is 23.4 Å². The molecule has 1 N–H and O–H groups in total. The quantitative estimate of drug-likeness (QED) is 0.772. The van der Waals surface area contributed by atoms with Gasteiger partial charge in [0.1, 0.15) is 11.5 Å². The molecule has 3 rings (SSSR count). The zero-order valence-electron chi connectivity index (χ0n) is 9.87. The number of halogens is 1. The summed E-state index contributed by atoms with van der Waals surface area (Å²) >= 11 is 6.10. The molecule has 0 aliphatic heterocycles. The van der Waals surface area contributed by atoms with Crippen molar-refractivity contribution in [3.8, 4) is 11.3 Å². The van der Waals surface area contributed by atoms with Crippen LogP contribution in [0.25, 0.3) is 22.3 Å². The van der Waals surface area contributed by atoms with Gasteiger partial charge in [-0.05, 0) is 25.2 Å². The zero-order chi connectivity index (χ0) is 12.5. The van der Waals surface area contributed by atoms with Gasteiger partial charge in [-0.15, -0.1) is 0 Å². The van der Waals surface area contributed by atoms with Crippen LogP contribution in [-0.2, 0) is 6.54 Å². The van der Waals surface area contributed by atoms with Gasteiger partial charge in [-0.2, -0.15) is 0 Å². The van der Waals surface area contributed by atoms with Crippen molar-refractivity contribution in [2.45, 2.75) is 6.54 Å². The molecule has 0 fully saturated rings. The third-order valence-corrected chi connectivity index (χ3v) is 3.14. The second kappa shape index (κ2) is 4.52. The molecule has 92 valence electrons. The Balaban J connectivity index is 2.14. The molecule has 3 aromatic rings. The van der Waals surface area contributed by atoms with Gasteiger partial charge in [-0.3, -0.25) is 0 Å². The molecule has 0 aliphatic rings. The number of hydrogen-bond donors (Lipinski definition) is 1. The van der Waals surface area contributed by atoms with Crippen molar-refractivity contribution in [3.05, 3.63) is 47.4 Å². The Morgan fingerprint density at radius 3 is 2.94 bits per heavy atom. The van der Waals surface area contributed by atoms with Gasteiger partial charge in [-0.25, -0.2) is 0 Å². The molecule has 0 aliphatic carbocycles. The van der Waals surface area contributed by atoms with Gasteiger partial charge < -0.3 is 14.2 Å². The summed E-state index contributed by atoms with van der Waals surface area (Å²) in [5.41, 5.74) is 1.67. The fourth-order valence-electron chi connectivity index (χ4n) is 2.02. The molecular formula is C14H12ClNO2. The first-order chi connectivity index (χ1) is 8.79. The first-order valence-corrected chi connectivity index (χ1v) is 6.07. The molecule has 0 bridgehead atoms. The summed E-state index contributed by atoms with van der Waals surface area (Å²) in [7, 11) is 1.88. The van der Waals surface area contributed by atoms with E-state index in [1.807, 2.05) is 37.4 Å². The number of benzene rings is 1. The van der Waals surface area contributed by atoms with Gasteiger partial charge in [0.2, 0.25) is 0 Å². The van der Waals surface area contributed by atoms with Crippen molar-refractivity contribution >= 4 is 22.6 Å². The molecule has 3 nitrogen and oxygen atoms in total. The second-order valence-corrected chi connectivity index (χ2v) is 4.46. The molecule has 0 saturated carbocycles. The first kappa shape index (κ1) is 11.4. The molecule has 2 heterocycles. The van der Waals surface area contributed by atoms with E-state index >= 15 is 0 Å². The normalized spacial score (nSPS) is 11.2. The summed E-state index contributed by atoms with van der Waals surface area (Å²) in [5.74, 6) is 1.63. The predicted octanol–water partition coefficient (Wildman–Crippen LogP) is 4.07. The third-order valence-electron chi connectivity index (χ3n) is 2.84. The van der Waals surface area contributed by atoms with Gasteiger partial charge >= 0.3 is 0 Å². The number of nitrogens with one attached hydrogen (secondary N) is 1. The topological polar surface area (TPSA) is 38.3 Å². The highest BCUT2D eigenvalue weighted by atomic mass is 35.5. The molecule has 2 aromatic heterocycles. The highest BCUT2D eigenvalue weighted by Gasteiger charge is 2.14. The SMILES string of the molecule is CNCc1occc1-c1cc2cccc(Cl)c2o1. The van der Waals surface area contributed by atoms with E-state index in [4.69, 9.17) is 20.4 Å². The maximum absolute atomic E-state index is 6.10. The summed E-state index contributed by atoms with van der Waals surface area (Å²) in [6, 6.07) is 9.59. The fraction of sp³-hybridized carbons (Fsp3) is 0.143. The standard InChI is InChI=1S/C14H12ClNO2/c1-16-8-13-10(5-6-17-13)12-7-9-3-2-4-11(15)14(9)18-12/h2-7,16H,8H2,1H3. The Morgan fingerprint density at radius 1 is 1.28 bits per heavy atom. The number of fused-ring (bicyclic) bond motifs is 1. The van der Waals surface area contributed by atoms with Crippen molar-refractivity contribution < 1.29 is 8.83 Å². The largest absolute Gasteiger partial charge is 0.467 e. The molecule has 0 saturated heterocycles. The molecule has 1 aromatic carbocycles. The fourth-order valence-corrected chi connectivity index (χ4v) is 2.24. The maximum Gasteiger partial charge on any atom is 0.153 e. The Kier molecular flexibility index (Phi) is 2.86. The molecule has 0 radical (unpaired) electrons. The Hall–Kier alpha value is -1.71. The second-order valence-electron chi connectivity index (χ2n) is 4.06. The molecular weight excluding hydrogens is 250 g/mol. The van der Waals surface area contributed by atoms with E-state index in [-0.39, 0.29) is 0 Å². The van der Waals surface area contributed by atoms with Gasteiger partial charge in [0, 0.05) is 5.39 Å². The summed E-state index contributed by atoms with van der Waals surface area (Å²) in [6.45, 7) is 0.660. The van der Waals surface area contributed by atoms with Crippen molar-refractivity contribution in [3.63, 3.8) is 0 Å². The van der Waals surface area contributed by atoms with E-state index in [1.165, 1.54) is 0 Å². The minimum atomic E-state index is 0.623. The van der Waals surface area contributed by atoms with Crippen LogP contribution in [0.4, 0.5) is 0 Å². The number of hydrogen-bond acceptors (Lipinski definition) is 3. The van der Waals surface area contributed by atoms with Crippen LogP contribution in [0, 0.1) is 0 Å². The third kappa shape index (κ3) is 1.82. The lowest BCUT2D eigenvalue weighted by molar-refractivity contribution is 0.494. The van der Waals surface area contributed by atoms with E-state index in [9.17, 15) is 0 Å². The Morgan fingerprint density at radius 2 is 2.17 bits per heavy atom. The zero-order valence-corrected chi connectivity index (χ0v) is 10.6. The first-order valence-electron chi connectivity index (χ1n) is 5.69. The van der Waals surface area contributed by atoms with E-state index in [0.717, 1.165) is 22.5 Å². The van der Waals surface area contributed by atoms with Crippen LogP contribution in [0.5, 0.6) is 0 Å². The van der Waals surface area contributed by atoms with Gasteiger partial charge in [-0.1, -0.05) is 23.7 Å². The molecule has 0 atom stereocenters. The van der Waals surface area contributed by atoms with Gasteiger partial charge in [0.25, 0.3) is 0 Å². The van der Waals surface area contributed by atoms with E-state index < -0.39 is 0 Å². The molecule has 0 spiro atoms.